The lowest BCUT2D eigenvalue weighted by atomic mass is 10.2. The number of aromatic nitrogens is 2. The summed E-state index contributed by atoms with van der Waals surface area (Å²) < 4.78 is 2.06. The zero-order valence-electron chi connectivity index (χ0n) is 13.1. The highest BCUT2D eigenvalue weighted by atomic mass is 15.3. The van der Waals surface area contributed by atoms with E-state index in [1.165, 1.54) is 37.1 Å². The zero-order valence-corrected chi connectivity index (χ0v) is 13.1. The zero-order chi connectivity index (χ0) is 14.8. The summed E-state index contributed by atoms with van der Waals surface area (Å²) in [6.07, 6.45) is 11.1. The summed E-state index contributed by atoms with van der Waals surface area (Å²) >= 11 is 0. The average Bonchev–Trinajstić information content (AvgIpc) is 3.41. The Morgan fingerprint density at radius 2 is 2.05 bits per heavy atom. The largest absolute Gasteiger partial charge is 0.390 e. The molecule has 3 rings (SSSR count). The van der Waals surface area contributed by atoms with Crippen LogP contribution in [0, 0.1) is 0 Å². The smallest absolute Gasteiger partial charge is 0.153 e. The van der Waals surface area contributed by atoms with Gasteiger partial charge in [-0.25, -0.2) is 9.67 Å². The van der Waals surface area contributed by atoms with Crippen molar-refractivity contribution < 1.29 is 0 Å². The third-order valence-electron chi connectivity index (χ3n) is 4.06. The van der Waals surface area contributed by atoms with E-state index in [1.54, 1.807) is 0 Å². The van der Waals surface area contributed by atoms with Gasteiger partial charge < -0.3 is 5.32 Å². The van der Waals surface area contributed by atoms with Gasteiger partial charge in [-0.2, -0.15) is 5.10 Å². The van der Waals surface area contributed by atoms with Gasteiger partial charge in [-0.05, 0) is 51.7 Å². The molecule has 0 bridgehead atoms. The van der Waals surface area contributed by atoms with E-state index >= 15 is 0 Å². The van der Waals surface area contributed by atoms with Crippen LogP contribution in [-0.2, 0) is 0 Å². The second-order valence-corrected chi connectivity index (χ2v) is 6.00. The second-order valence-electron chi connectivity index (χ2n) is 6.00. The van der Waals surface area contributed by atoms with Crippen molar-refractivity contribution in [2.45, 2.75) is 51.4 Å². The minimum absolute atomic E-state index is 0.676. The van der Waals surface area contributed by atoms with E-state index in [2.05, 4.69) is 21.1 Å². The predicted molar refractivity (Wildman–Crippen MR) is 86.6 cm³/mol. The lowest BCUT2D eigenvalue weighted by molar-refractivity contribution is 0.827. The molecule has 21 heavy (non-hydrogen) atoms. The first-order valence-corrected chi connectivity index (χ1v) is 7.88. The van der Waals surface area contributed by atoms with Gasteiger partial charge in [-0.15, -0.1) is 0 Å². The number of hydrogen-bond acceptors (Lipinski definition) is 3. The first kappa shape index (κ1) is 14.1. The summed E-state index contributed by atoms with van der Waals surface area (Å²) in [7, 11) is 1.91. The molecule has 0 amide bonds. The van der Waals surface area contributed by atoms with Gasteiger partial charge in [0.2, 0.25) is 0 Å². The summed E-state index contributed by atoms with van der Waals surface area (Å²) in [6, 6.07) is 2.31. The molecule has 0 saturated heterocycles. The summed E-state index contributed by atoms with van der Waals surface area (Å²) in [5.74, 6) is 2.26. The topological polar surface area (TPSA) is 42.2 Å². The molecule has 0 radical (unpaired) electrons. The number of hydrogen-bond donors (Lipinski definition) is 1. The molecular weight excluding hydrogens is 260 g/mol. The van der Waals surface area contributed by atoms with Crippen LogP contribution in [0.5, 0.6) is 0 Å². The van der Waals surface area contributed by atoms with Crippen LogP contribution < -0.4 is 5.32 Å². The van der Waals surface area contributed by atoms with E-state index in [0.29, 0.717) is 11.8 Å². The molecule has 1 aromatic heterocycles. The van der Waals surface area contributed by atoms with Crippen LogP contribution in [0.15, 0.2) is 35.1 Å². The minimum atomic E-state index is 0.676. The molecule has 0 spiro atoms. The van der Waals surface area contributed by atoms with Gasteiger partial charge in [0.1, 0.15) is 0 Å². The Morgan fingerprint density at radius 1 is 1.33 bits per heavy atom. The minimum Gasteiger partial charge on any atom is -0.390 e. The third kappa shape index (κ3) is 3.26. The van der Waals surface area contributed by atoms with Crippen LogP contribution in [0.1, 0.15) is 62.8 Å². The van der Waals surface area contributed by atoms with Gasteiger partial charge in [0.15, 0.2) is 5.84 Å². The number of nitrogens with zero attached hydrogens (tertiary/aromatic N) is 3. The lowest BCUT2D eigenvalue weighted by Gasteiger charge is -2.06. The highest BCUT2D eigenvalue weighted by molar-refractivity contribution is 5.95. The lowest BCUT2D eigenvalue weighted by Crippen LogP contribution is -2.14. The van der Waals surface area contributed by atoms with Crippen LogP contribution in [-0.4, -0.2) is 22.7 Å². The van der Waals surface area contributed by atoms with Crippen molar-refractivity contribution in [1.29, 1.82) is 0 Å². The number of allylic oxidation sites excluding steroid dienone is 3. The Balaban J connectivity index is 1.97. The molecule has 4 nitrogen and oxygen atoms in total. The van der Waals surface area contributed by atoms with E-state index < -0.39 is 0 Å². The molecule has 0 unspecified atom stereocenters. The van der Waals surface area contributed by atoms with Crippen molar-refractivity contribution in [2.75, 3.05) is 7.05 Å². The SMILES string of the molecule is C\C=C/C(=N\C=C(/C)NC)n1nc(C2CC2)cc1C1CC1. The molecule has 1 aromatic rings. The van der Waals surface area contributed by atoms with Crippen molar-refractivity contribution in [3.8, 4) is 0 Å². The summed E-state index contributed by atoms with van der Waals surface area (Å²) in [5.41, 5.74) is 3.63. The fourth-order valence-electron chi connectivity index (χ4n) is 2.39. The van der Waals surface area contributed by atoms with E-state index in [1.807, 2.05) is 39.2 Å². The normalized spacial score (nSPS) is 20.3. The van der Waals surface area contributed by atoms with E-state index in [4.69, 9.17) is 5.10 Å². The summed E-state index contributed by atoms with van der Waals surface area (Å²) in [5, 5.41) is 7.94. The van der Waals surface area contributed by atoms with Crippen LogP contribution in [0.2, 0.25) is 0 Å². The van der Waals surface area contributed by atoms with Crippen molar-refractivity contribution >= 4 is 5.84 Å². The van der Waals surface area contributed by atoms with Crippen LogP contribution in [0.3, 0.4) is 0 Å². The molecule has 0 atom stereocenters. The van der Waals surface area contributed by atoms with Crippen molar-refractivity contribution in [3.63, 3.8) is 0 Å². The Labute approximate surface area is 126 Å². The molecule has 112 valence electrons. The first-order valence-electron chi connectivity index (χ1n) is 7.88. The van der Waals surface area contributed by atoms with Gasteiger partial charge in [0, 0.05) is 36.5 Å². The monoisotopic (exact) mass is 284 g/mol. The summed E-state index contributed by atoms with van der Waals surface area (Å²) in [6.45, 7) is 4.03. The maximum absolute atomic E-state index is 4.84. The molecule has 0 aromatic carbocycles. The molecule has 2 aliphatic rings. The van der Waals surface area contributed by atoms with Gasteiger partial charge in [-0.1, -0.05) is 6.08 Å². The molecule has 4 heteroatoms. The Morgan fingerprint density at radius 3 is 2.62 bits per heavy atom. The summed E-state index contributed by atoms with van der Waals surface area (Å²) in [4.78, 5) is 4.62. The van der Waals surface area contributed by atoms with Gasteiger partial charge in [0.05, 0.1) is 5.69 Å². The Bertz CT molecular complexity index is 598. The maximum atomic E-state index is 4.84. The van der Waals surface area contributed by atoms with Gasteiger partial charge in [0.25, 0.3) is 0 Å². The molecule has 1 heterocycles. The maximum Gasteiger partial charge on any atom is 0.153 e. The molecule has 2 saturated carbocycles. The highest BCUT2D eigenvalue weighted by Gasteiger charge is 2.33. The fourth-order valence-corrected chi connectivity index (χ4v) is 2.39. The second kappa shape index (κ2) is 5.88. The fraction of sp³-hybridized carbons (Fsp3) is 0.529. The Kier molecular flexibility index (Phi) is 3.95. The highest BCUT2D eigenvalue weighted by Crippen LogP contribution is 2.44. The molecular formula is C17H24N4. The van der Waals surface area contributed by atoms with Crippen molar-refractivity contribution in [1.82, 2.24) is 15.1 Å². The predicted octanol–water partition coefficient (Wildman–Crippen LogP) is 3.54. The van der Waals surface area contributed by atoms with Gasteiger partial charge in [-0.3, -0.25) is 0 Å². The Hall–Kier alpha value is -1.84. The molecule has 2 fully saturated rings. The van der Waals surface area contributed by atoms with Crippen molar-refractivity contribution in [3.05, 3.63) is 41.5 Å². The quantitative estimate of drug-likeness (QED) is 0.664. The average molecular weight is 284 g/mol. The van der Waals surface area contributed by atoms with Crippen molar-refractivity contribution in [2.24, 2.45) is 4.99 Å². The third-order valence-corrected chi connectivity index (χ3v) is 4.06. The van der Waals surface area contributed by atoms with Crippen LogP contribution in [0.25, 0.3) is 0 Å². The molecule has 0 aliphatic heterocycles. The van der Waals surface area contributed by atoms with E-state index in [9.17, 15) is 0 Å². The standard InChI is InChI=1S/C17H24N4/c1-4-5-17(19-11-12(2)18-3)21-16(14-8-9-14)10-15(20-21)13-6-7-13/h4-5,10-11,13-14,18H,6-9H2,1-3H3/b5-4-,12-11+,19-17+. The number of aliphatic imine (C=N–C) groups is 1. The first-order chi connectivity index (χ1) is 10.2. The van der Waals surface area contributed by atoms with Crippen LogP contribution in [0.4, 0.5) is 0 Å². The van der Waals surface area contributed by atoms with E-state index in [0.717, 1.165) is 11.5 Å². The van der Waals surface area contributed by atoms with Gasteiger partial charge >= 0.3 is 0 Å². The molecule has 2 aliphatic carbocycles. The van der Waals surface area contributed by atoms with E-state index in [-0.39, 0.29) is 0 Å². The number of nitrogens with one attached hydrogen (secondary N) is 1. The van der Waals surface area contributed by atoms with Crippen LogP contribution >= 0.6 is 0 Å². The molecule has 1 N–H and O–H groups in total. The number of rotatable bonds is 5.